The second-order valence-electron chi connectivity index (χ2n) is 6.83. The molecule has 1 aromatic heterocycles. The zero-order chi connectivity index (χ0) is 22.1. The van der Waals surface area contributed by atoms with E-state index in [1.165, 1.54) is 6.20 Å². The van der Waals surface area contributed by atoms with Gasteiger partial charge in [0, 0.05) is 31.6 Å². The van der Waals surface area contributed by atoms with E-state index in [0.717, 1.165) is 5.69 Å². The number of hydrogen-bond acceptors (Lipinski definition) is 5. The monoisotopic (exact) mass is 419 g/mol. The van der Waals surface area contributed by atoms with Crippen LogP contribution in [0.2, 0.25) is 0 Å². The Morgan fingerprint density at radius 3 is 2.32 bits per heavy atom. The molecule has 0 fully saturated rings. The van der Waals surface area contributed by atoms with Crippen molar-refractivity contribution in [2.24, 2.45) is 0 Å². The number of anilines is 2. The number of rotatable bonds is 9. The lowest BCUT2D eigenvalue weighted by Gasteiger charge is -2.17. The Kier molecular flexibility index (Phi) is 7.59. The van der Waals surface area contributed by atoms with Gasteiger partial charge in [-0.05, 0) is 36.8 Å². The molecule has 31 heavy (non-hydrogen) atoms. The fourth-order valence-electron chi connectivity index (χ4n) is 2.92. The van der Waals surface area contributed by atoms with Gasteiger partial charge in [-0.1, -0.05) is 30.3 Å². The summed E-state index contributed by atoms with van der Waals surface area (Å²) in [5.74, 6) is 1.35. The van der Waals surface area contributed by atoms with Gasteiger partial charge in [-0.2, -0.15) is 0 Å². The van der Waals surface area contributed by atoms with Crippen LogP contribution >= 0.6 is 0 Å². The minimum Gasteiger partial charge on any atom is -0.493 e. The van der Waals surface area contributed by atoms with Crippen molar-refractivity contribution in [1.82, 2.24) is 4.98 Å². The molecule has 160 valence electrons. The highest BCUT2D eigenvalue weighted by molar-refractivity contribution is 5.94. The zero-order valence-corrected chi connectivity index (χ0v) is 17.6. The third-order valence-corrected chi connectivity index (χ3v) is 4.62. The van der Waals surface area contributed by atoms with Gasteiger partial charge in [-0.25, -0.2) is 4.98 Å². The number of pyridine rings is 1. The fraction of sp³-hybridized carbons (Fsp3) is 0.208. The first-order valence-electron chi connectivity index (χ1n) is 9.95. The number of benzene rings is 2. The number of aromatic nitrogens is 1. The summed E-state index contributed by atoms with van der Waals surface area (Å²) >= 11 is 0. The number of methoxy groups -OCH3 is 1. The maximum Gasteiger partial charge on any atom is 0.226 e. The number of ether oxygens (including phenoxy) is 2. The normalized spacial score (nSPS) is 10.3. The Bertz CT molecular complexity index is 1010. The summed E-state index contributed by atoms with van der Waals surface area (Å²) in [6, 6.07) is 20.1. The van der Waals surface area contributed by atoms with E-state index in [1.807, 2.05) is 42.5 Å². The van der Waals surface area contributed by atoms with Gasteiger partial charge in [0.15, 0.2) is 11.5 Å². The van der Waals surface area contributed by atoms with Crippen LogP contribution in [-0.4, -0.2) is 31.0 Å². The van der Waals surface area contributed by atoms with Crippen LogP contribution in [0.25, 0.3) is 0 Å². The van der Waals surface area contributed by atoms with Crippen LogP contribution in [0.15, 0.2) is 72.9 Å². The number of carbonyl (C=O) groups excluding carboxylic acids is 2. The zero-order valence-electron chi connectivity index (χ0n) is 17.6. The minimum absolute atomic E-state index is 0.0292. The average molecular weight is 419 g/mol. The van der Waals surface area contributed by atoms with E-state index in [1.54, 1.807) is 43.3 Å². The lowest BCUT2D eigenvalue weighted by molar-refractivity contribution is -0.118. The number of para-hydroxylation sites is 3. The summed E-state index contributed by atoms with van der Waals surface area (Å²) in [5, 5.41) is 2.78. The number of nitrogens with zero attached hydrogens (tertiary/aromatic N) is 2. The Labute approximate surface area is 181 Å². The maximum absolute atomic E-state index is 12.3. The molecule has 1 N–H and O–H groups in total. The number of amides is 2. The summed E-state index contributed by atoms with van der Waals surface area (Å²) in [7, 11) is 3.31. The number of carbonyl (C=O) groups is 2. The molecule has 3 aromatic rings. The van der Waals surface area contributed by atoms with Crippen molar-refractivity contribution in [2.45, 2.75) is 19.3 Å². The van der Waals surface area contributed by atoms with Gasteiger partial charge in [0.2, 0.25) is 17.7 Å². The van der Waals surface area contributed by atoms with E-state index >= 15 is 0 Å². The first-order chi connectivity index (χ1) is 15.1. The molecule has 0 radical (unpaired) electrons. The first-order valence-corrected chi connectivity index (χ1v) is 9.95. The molecule has 0 saturated carbocycles. The molecule has 0 spiro atoms. The highest BCUT2D eigenvalue weighted by Crippen LogP contribution is 2.30. The van der Waals surface area contributed by atoms with Crippen LogP contribution in [0.3, 0.4) is 0 Å². The van der Waals surface area contributed by atoms with Gasteiger partial charge >= 0.3 is 0 Å². The molecule has 1 heterocycles. The van der Waals surface area contributed by atoms with E-state index in [-0.39, 0.29) is 18.2 Å². The Morgan fingerprint density at radius 1 is 0.935 bits per heavy atom. The Balaban J connectivity index is 1.45. The fourth-order valence-corrected chi connectivity index (χ4v) is 2.92. The molecule has 0 aliphatic rings. The van der Waals surface area contributed by atoms with Gasteiger partial charge in [-0.3, -0.25) is 9.59 Å². The van der Waals surface area contributed by atoms with E-state index in [2.05, 4.69) is 10.3 Å². The molecule has 3 rings (SSSR count). The lowest BCUT2D eigenvalue weighted by atomic mass is 10.2. The molecule has 7 heteroatoms. The van der Waals surface area contributed by atoms with Gasteiger partial charge < -0.3 is 19.7 Å². The van der Waals surface area contributed by atoms with Crippen LogP contribution in [0, 0.1) is 0 Å². The summed E-state index contributed by atoms with van der Waals surface area (Å²) in [6.07, 6.45) is 2.53. The van der Waals surface area contributed by atoms with Gasteiger partial charge in [-0.15, -0.1) is 0 Å². The maximum atomic E-state index is 12.3. The SMILES string of the molecule is COc1ccccc1Oc1ccc(NC(=O)CCCC(=O)N(C)c2ccccc2)cn1. The summed E-state index contributed by atoms with van der Waals surface area (Å²) < 4.78 is 11.0. The molecule has 0 unspecified atom stereocenters. The predicted octanol–water partition coefficient (Wildman–Crippen LogP) is 4.65. The van der Waals surface area contributed by atoms with E-state index in [4.69, 9.17) is 9.47 Å². The minimum atomic E-state index is -0.171. The van der Waals surface area contributed by atoms with Crippen molar-refractivity contribution in [1.29, 1.82) is 0 Å². The van der Waals surface area contributed by atoms with Gasteiger partial charge in [0.1, 0.15) is 0 Å². The lowest BCUT2D eigenvalue weighted by Crippen LogP contribution is -2.26. The van der Waals surface area contributed by atoms with Crippen LogP contribution in [0.1, 0.15) is 19.3 Å². The average Bonchev–Trinajstić information content (AvgIpc) is 2.80. The van der Waals surface area contributed by atoms with Crippen molar-refractivity contribution in [3.8, 4) is 17.4 Å². The van der Waals surface area contributed by atoms with Crippen molar-refractivity contribution >= 4 is 23.2 Å². The van der Waals surface area contributed by atoms with Crippen molar-refractivity contribution in [2.75, 3.05) is 24.4 Å². The van der Waals surface area contributed by atoms with Crippen LogP contribution in [0.5, 0.6) is 17.4 Å². The molecular formula is C24H25N3O4. The van der Waals surface area contributed by atoms with E-state index in [9.17, 15) is 9.59 Å². The molecule has 0 bridgehead atoms. The summed E-state index contributed by atoms with van der Waals surface area (Å²) in [4.78, 5) is 30.3. The molecule has 0 saturated heterocycles. The topological polar surface area (TPSA) is 80.8 Å². The summed E-state index contributed by atoms with van der Waals surface area (Å²) in [5.41, 5.74) is 1.39. The Hall–Kier alpha value is -3.87. The molecular weight excluding hydrogens is 394 g/mol. The third-order valence-electron chi connectivity index (χ3n) is 4.62. The molecule has 2 amide bonds. The van der Waals surface area contributed by atoms with E-state index in [0.29, 0.717) is 35.9 Å². The van der Waals surface area contributed by atoms with Crippen molar-refractivity contribution in [3.05, 3.63) is 72.9 Å². The smallest absolute Gasteiger partial charge is 0.226 e. The van der Waals surface area contributed by atoms with Crippen LogP contribution in [0.4, 0.5) is 11.4 Å². The van der Waals surface area contributed by atoms with Crippen molar-refractivity contribution in [3.63, 3.8) is 0 Å². The Morgan fingerprint density at radius 2 is 1.65 bits per heavy atom. The molecule has 0 aliphatic carbocycles. The highest BCUT2D eigenvalue weighted by atomic mass is 16.5. The number of nitrogens with one attached hydrogen (secondary N) is 1. The third kappa shape index (κ3) is 6.30. The second-order valence-corrected chi connectivity index (χ2v) is 6.83. The highest BCUT2D eigenvalue weighted by Gasteiger charge is 2.12. The molecule has 7 nitrogen and oxygen atoms in total. The molecule has 0 atom stereocenters. The largest absolute Gasteiger partial charge is 0.493 e. The molecule has 0 aliphatic heterocycles. The number of hydrogen-bond donors (Lipinski definition) is 1. The second kappa shape index (κ2) is 10.8. The quantitative estimate of drug-likeness (QED) is 0.546. The van der Waals surface area contributed by atoms with Crippen molar-refractivity contribution < 1.29 is 19.1 Å². The van der Waals surface area contributed by atoms with Crippen LogP contribution < -0.4 is 19.7 Å². The van der Waals surface area contributed by atoms with E-state index < -0.39 is 0 Å². The predicted molar refractivity (Wildman–Crippen MR) is 120 cm³/mol. The first kappa shape index (κ1) is 21.8. The standard InChI is InChI=1S/C24H25N3O4/c1-27(19-9-4-3-5-10-19)24(29)14-8-13-22(28)26-18-15-16-23(25-17-18)31-21-12-7-6-11-20(21)30-2/h3-7,9-12,15-17H,8,13-14H2,1-2H3,(H,26,28). The molecule has 2 aromatic carbocycles. The van der Waals surface area contributed by atoms with Crippen LogP contribution in [-0.2, 0) is 9.59 Å². The van der Waals surface area contributed by atoms with Gasteiger partial charge in [0.05, 0.1) is 19.0 Å². The summed E-state index contributed by atoms with van der Waals surface area (Å²) in [6.45, 7) is 0. The van der Waals surface area contributed by atoms with Gasteiger partial charge in [0.25, 0.3) is 0 Å².